The Bertz CT molecular complexity index is 1220. The number of nitrogens with one attached hydrogen (secondary N) is 2. The van der Waals surface area contributed by atoms with Gasteiger partial charge in [0.1, 0.15) is 5.82 Å². The first-order chi connectivity index (χ1) is 16.4. The van der Waals surface area contributed by atoms with Gasteiger partial charge in [-0.05, 0) is 43.4 Å². The molecule has 2 aromatic carbocycles. The topological polar surface area (TPSA) is 100 Å². The first-order valence-electron chi connectivity index (χ1n) is 11.5. The number of nitro benzene ring substituents is 1. The fraction of sp³-hybridized carbons (Fsp3) is 0.308. The lowest BCUT2D eigenvalue weighted by atomic mass is 9.91. The van der Waals surface area contributed by atoms with Gasteiger partial charge in [0.05, 0.1) is 10.4 Å². The van der Waals surface area contributed by atoms with Crippen LogP contribution >= 0.6 is 0 Å². The molecular formula is C26H29N5O3. The van der Waals surface area contributed by atoms with E-state index in [1.165, 1.54) is 18.2 Å². The quantitative estimate of drug-likeness (QED) is 0.300. The molecular weight excluding hydrogens is 430 g/mol. The summed E-state index contributed by atoms with van der Waals surface area (Å²) in [6, 6.07) is 16.9. The Morgan fingerprint density at radius 1 is 1.06 bits per heavy atom. The standard InChI is InChI=1S/C26H29N5O3/c1-30(2)24-17-25(29-23-9-4-3-8-22(23)24)27-19-11-13-20(14-12-19)28-26(32)15-10-18-6-5-7-21(16-18)31(33)34/h3-10,15-17,19-20H,11-14H2,1-2H3,(H,27,29)(H,28,32)/t19-,20+. The van der Waals surface area contributed by atoms with E-state index < -0.39 is 4.92 Å². The number of rotatable bonds is 7. The van der Waals surface area contributed by atoms with E-state index in [9.17, 15) is 14.9 Å². The monoisotopic (exact) mass is 459 g/mol. The van der Waals surface area contributed by atoms with Crippen LogP contribution in [-0.2, 0) is 4.79 Å². The van der Waals surface area contributed by atoms with Gasteiger partial charge in [0.25, 0.3) is 5.69 Å². The number of pyridine rings is 1. The Balaban J connectivity index is 1.31. The summed E-state index contributed by atoms with van der Waals surface area (Å²) in [6.45, 7) is 0. The summed E-state index contributed by atoms with van der Waals surface area (Å²) < 4.78 is 0. The van der Waals surface area contributed by atoms with Crippen molar-refractivity contribution in [1.82, 2.24) is 10.3 Å². The van der Waals surface area contributed by atoms with Gasteiger partial charge in [0.15, 0.2) is 0 Å². The van der Waals surface area contributed by atoms with Crippen LogP contribution in [0.25, 0.3) is 17.0 Å². The fourth-order valence-corrected chi connectivity index (χ4v) is 4.36. The van der Waals surface area contributed by atoms with Gasteiger partial charge in [0, 0.05) is 61.5 Å². The van der Waals surface area contributed by atoms with Gasteiger partial charge in [-0.25, -0.2) is 4.98 Å². The molecule has 0 bridgehead atoms. The summed E-state index contributed by atoms with van der Waals surface area (Å²) in [5, 5.41) is 18.7. The Morgan fingerprint density at radius 2 is 1.79 bits per heavy atom. The highest BCUT2D eigenvalue weighted by Gasteiger charge is 2.22. The normalized spacial score (nSPS) is 18.1. The van der Waals surface area contributed by atoms with E-state index >= 15 is 0 Å². The third-order valence-electron chi connectivity index (χ3n) is 6.11. The second kappa shape index (κ2) is 10.3. The number of para-hydroxylation sites is 1. The molecule has 0 aliphatic heterocycles. The van der Waals surface area contributed by atoms with Gasteiger partial charge in [-0.2, -0.15) is 0 Å². The average Bonchev–Trinajstić information content (AvgIpc) is 2.83. The van der Waals surface area contributed by atoms with Crippen LogP contribution in [0.1, 0.15) is 31.2 Å². The fourth-order valence-electron chi connectivity index (χ4n) is 4.36. The van der Waals surface area contributed by atoms with E-state index in [0.717, 1.165) is 48.1 Å². The van der Waals surface area contributed by atoms with Crippen LogP contribution in [0.2, 0.25) is 0 Å². The van der Waals surface area contributed by atoms with Crippen LogP contribution in [0, 0.1) is 10.1 Å². The maximum atomic E-state index is 12.3. The minimum absolute atomic E-state index is 0.00647. The van der Waals surface area contributed by atoms with Crippen LogP contribution in [0.4, 0.5) is 17.2 Å². The third kappa shape index (κ3) is 5.70. The highest BCUT2D eigenvalue weighted by atomic mass is 16.6. The largest absolute Gasteiger partial charge is 0.377 e. The smallest absolute Gasteiger partial charge is 0.270 e. The van der Waals surface area contributed by atoms with Crippen molar-refractivity contribution in [1.29, 1.82) is 0 Å². The van der Waals surface area contributed by atoms with Crippen molar-refractivity contribution in [3.05, 3.63) is 76.4 Å². The second-order valence-electron chi connectivity index (χ2n) is 8.83. The van der Waals surface area contributed by atoms with Crippen molar-refractivity contribution >= 4 is 40.1 Å². The van der Waals surface area contributed by atoms with Crippen LogP contribution in [-0.4, -0.2) is 42.0 Å². The van der Waals surface area contributed by atoms with Gasteiger partial charge in [-0.15, -0.1) is 0 Å². The molecule has 8 heteroatoms. The van der Waals surface area contributed by atoms with Crippen molar-refractivity contribution in [2.24, 2.45) is 0 Å². The number of benzene rings is 2. The number of hydrogen-bond donors (Lipinski definition) is 2. The number of non-ortho nitro benzene ring substituents is 1. The molecule has 3 aromatic rings. The molecule has 176 valence electrons. The average molecular weight is 460 g/mol. The number of aromatic nitrogens is 1. The first-order valence-corrected chi connectivity index (χ1v) is 11.5. The Kier molecular flexibility index (Phi) is 7.06. The number of nitro groups is 1. The number of amides is 1. The van der Waals surface area contributed by atoms with E-state index in [1.54, 1.807) is 18.2 Å². The van der Waals surface area contributed by atoms with Crippen LogP contribution in [0.3, 0.4) is 0 Å². The molecule has 0 unspecified atom stereocenters. The van der Waals surface area contributed by atoms with E-state index in [4.69, 9.17) is 4.98 Å². The number of carbonyl (C=O) groups excluding carboxylic acids is 1. The van der Waals surface area contributed by atoms with E-state index in [0.29, 0.717) is 11.6 Å². The lowest BCUT2D eigenvalue weighted by molar-refractivity contribution is -0.384. The predicted octanol–water partition coefficient (Wildman–Crippen LogP) is 4.76. The molecule has 1 aliphatic carbocycles. The SMILES string of the molecule is CN(C)c1cc(N[C@H]2CC[C@@H](NC(=O)C=Cc3cccc([N+](=O)[O-])c3)CC2)nc2ccccc12. The molecule has 2 N–H and O–H groups in total. The predicted molar refractivity (Wildman–Crippen MR) is 136 cm³/mol. The molecule has 1 aliphatic rings. The molecule has 1 fully saturated rings. The second-order valence-corrected chi connectivity index (χ2v) is 8.83. The highest BCUT2D eigenvalue weighted by Crippen LogP contribution is 2.29. The lowest BCUT2D eigenvalue weighted by Crippen LogP contribution is -2.39. The maximum Gasteiger partial charge on any atom is 0.270 e. The van der Waals surface area contributed by atoms with Crippen LogP contribution < -0.4 is 15.5 Å². The third-order valence-corrected chi connectivity index (χ3v) is 6.11. The summed E-state index contributed by atoms with van der Waals surface area (Å²) in [5.74, 6) is 0.685. The molecule has 1 aromatic heterocycles. The molecule has 4 rings (SSSR count). The van der Waals surface area contributed by atoms with E-state index in [-0.39, 0.29) is 17.6 Å². The Hall–Kier alpha value is -3.94. The number of hydrogen-bond acceptors (Lipinski definition) is 6. The Morgan fingerprint density at radius 3 is 2.53 bits per heavy atom. The molecule has 0 radical (unpaired) electrons. The molecule has 0 spiro atoms. The van der Waals surface area contributed by atoms with Crippen LogP contribution in [0.15, 0.2) is 60.7 Å². The van der Waals surface area contributed by atoms with Crippen molar-refractivity contribution < 1.29 is 9.72 Å². The highest BCUT2D eigenvalue weighted by molar-refractivity contribution is 5.93. The zero-order valence-electron chi connectivity index (χ0n) is 19.4. The van der Waals surface area contributed by atoms with Crippen molar-refractivity contribution in [3.63, 3.8) is 0 Å². The van der Waals surface area contributed by atoms with E-state index in [1.807, 2.05) is 32.3 Å². The summed E-state index contributed by atoms with van der Waals surface area (Å²) in [6.07, 6.45) is 6.66. The van der Waals surface area contributed by atoms with E-state index in [2.05, 4.69) is 27.7 Å². The van der Waals surface area contributed by atoms with Gasteiger partial charge in [0.2, 0.25) is 5.91 Å². The summed E-state index contributed by atoms with van der Waals surface area (Å²) in [5.41, 5.74) is 2.72. The molecule has 1 heterocycles. The maximum absolute atomic E-state index is 12.3. The number of nitrogens with zero attached hydrogens (tertiary/aromatic N) is 3. The molecule has 1 amide bonds. The number of fused-ring (bicyclic) bond motifs is 1. The molecule has 8 nitrogen and oxygen atoms in total. The first kappa shape index (κ1) is 23.2. The van der Waals surface area contributed by atoms with Crippen LogP contribution in [0.5, 0.6) is 0 Å². The van der Waals surface area contributed by atoms with Crippen molar-refractivity contribution in [2.45, 2.75) is 37.8 Å². The summed E-state index contributed by atoms with van der Waals surface area (Å²) in [7, 11) is 4.07. The summed E-state index contributed by atoms with van der Waals surface area (Å²) >= 11 is 0. The minimum atomic E-state index is -0.446. The molecule has 0 atom stereocenters. The van der Waals surface area contributed by atoms with Crippen molar-refractivity contribution in [3.8, 4) is 0 Å². The number of anilines is 2. The zero-order chi connectivity index (χ0) is 24.1. The minimum Gasteiger partial charge on any atom is -0.377 e. The van der Waals surface area contributed by atoms with Gasteiger partial charge >= 0.3 is 0 Å². The lowest BCUT2D eigenvalue weighted by Gasteiger charge is -2.30. The summed E-state index contributed by atoms with van der Waals surface area (Å²) in [4.78, 5) is 29.7. The zero-order valence-corrected chi connectivity index (χ0v) is 19.4. The van der Waals surface area contributed by atoms with Crippen molar-refractivity contribution in [2.75, 3.05) is 24.3 Å². The molecule has 34 heavy (non-hydrogen) atoms. The molecule has 0 saturated heterocycles. The van der Waals surface area contributed by atoms with Gasteiger partial charge in [-0.3, -0.25) is 14.9 Å². The molecule has 1 saturated carbocycles. The van der Waals surface area contributed by atoms with Gasteiger partial charge in [-0.1, -0.05) is 30.3 Å². The number of carbonyl (C=O) groups is 1. The van der Waals surface area contributed by atoms with Gasteiger partial charge < -0.3 is 15.5 Å². The Labute approximate surface area is 198 Å².